The topological polar surface area (TPSA) is 65.4 Å². The highest BCUT2D eigenvalue weighted by Gasteiger charge is 2.70. The molecule has 1 heterocycles. The Labute approximate surface area is 177 Å². The van der Waals surface area contributed by atoms with Crippen molar-refractivity contribution in [1.82, 2.24) is 15.1 Å². The Morgan fingerprint density at radius 3 is 2.53 bits per heavy atom. The molecule has 160 valence electrons. The molecule has 0 radical (unpaired) electrons. The number of benzene rings is 1. The molecule has 4 aliphatic carbocycles. The molecule has 4 saturated carbocycles. The van der Waals surface area contributed by atoms with Gasteiger partial charge in [-0.25, -0.2) is 4.79 Å². The van der Waals surface area contributed by atoms with Gasteiger partial charge in [-0.15, -0.1) is 0 Å². The monoisotopic (exact) mass is 409 g/mol. The van der Waals surface area contributed by atoms with Crippen LogP contribution < -0.4 is 5.32 Å². The maximum absolute atomic E-state index is 12.1. The maximum atomic E-state index is 12.1. The summed E-state index contributed by atoms with van der Waals surface area (Å²) in [5.41, 5.74) is 1.99. The van der Waals surface area contributed by atoms with E-state index < -0.39 is 5.60 Å². The summed E-state index contributed by atoms with van der Waals surface area (Å²) in [6.07, 6.45) is 7.05. The summed E-state index contributed by atoms with van der Waals surface area (Å²) in [7, 11) is 0. The maximum Gasteiger partial charge on any atom is 0.408 e. The van der Waals surface area contributed by atoms with E-state index in [1.807, 2.05) is 39.0 Å². The van der Waals surface area contributed by atoms with E-state index in [9.17, 15) is 4.79 Å². The van der Waals surface area contributed by atoms with Gasteiger partial charge in [-0.2, -0.15) is 5.10 Å². The summed E-state index contributed by atoms with van der Waals surface area (Å²) in [4.78, 5) is 12.1. The second-order valence-corrected chi connectivity index (χ2v) is 10.4. The first-order valence-electron chi connectivity index (χ1n) is 11.0. The van der Waals surface area contributed by atoms with Crippen LogP contribution in [0.4, 0.5) is 4.79 Å². The van der Waals surface area contributed by atoms with E-state index >= 15 is 0 Å². The number of carbonyl (C=O) groups excluding carboxylic acids is 1. The Bertz CT molecular complexity index is 905. The molecule has 0 atom stereocenters. The highest BCUT2D eigenvalue weighted by molar-refractivity contribution is 5.70. The second-order valence-electron chi connectivity index (χ2n) is 10.4. The van der Waals surface area contributed by atoms with Gasteiger partial charge in [0.15, 0.2) is 0 Å². The van der Waals surface area contributed by atoms with E-state index in [4.69, 9.17) is 14.6 Å². The van der Waals surface area contributed by atoms with Crippen LogP contribution in [0.1, 0.15) is 70.2 Å². The molecule has 2 aromatic rings. The molecule has 1 N–H and O–H groups in total. The van der Waals surface area contributed by atoms with Crippen LogP contribution in [0.2, 0.25) is 0 Å². The first kappa shape index (κ1) is 19.6. The Hall–Kier alpha value is -2.34. The number of carbonyl (C=O) groups is 1. The minimum Gasteiger partial charge on any atom is -0.444 e. The van der Waals surface area contributed by atoms with Gasteiger partial charge in [-0.3, -0.25) is 4.68 Å². The number of alkyl carbamates (subject to hydrolysis) is 1. The molecule has 4 aliphatic rings. The number of hydrogen-bond acceptors (Lipinski definition) is 4. The predicted molar refractivity (Wildman–Crippen MR) is 113 cm³/mol. The van der Waals surface area contributed by atoms with Crippen LogP contribution in [0.5, 0.6) is 0 Å². The van der Waals surface area contributed by atoms with Gasteiger partial charge in [0.25, 0.3) is 0 Å². The molecule has 0 aliphatic heterocycles. The molecule has 0 spiro atoms. The third kappa shape index (κ3) is 3.62. The van der Waals surface area contributed by atoms with Crippen molar-refractivity contribution < 1.29 is 14.3 Å². The average molecular weight is 410 g/mol. The Kier molecular flexibility index (Phi) is 4.47. The summed E-state index contributed by atoms with van der Waals surface area (Å²) >= 11 is 0. The third-order valence-corrected chi connectivity index (χ3v) is 6.72. The zero-order chi connectivity index (χ0) is 21.0. The van der Waals surface area contributed by atoms with Gasteiger partial charge >= 0.3 is 6.09 Å². The SMILES string of the molecule is CC(C)(C)OC(=O)NC12CC(c3ccn(C4CC(OCc5ccccc5)C4)n3)(C1)C2. The van der Waals surface area contributed by atoms with E-state index in [-0.39, 0.29) is 17.0 Å². The van der Waals surface area contributed by atoms with Gasteiger partial charge in [0, 0.05) is 17.2 Å². The fourth-order valence-corrected chi connectivity index (χ4v) is 5.21. The van der Waals surface area contributed by atoms with Crippen molar-refractivity contribution >= 4 is 6.09 Å². The molecule has 0 saturated heterocycles. The molecule has 1 aromatic carbocycles. The number of hydrogen-bond donors (Lipinski definition) is 1. The molecule has 1 aromatic heterocycles. The molecule has 6 nitrogen and oxygen atoms in total. The van der Waals surface area contributed by atoms with Crippen LogP contribution in [0.3, 0.4) is 0 Å². The number of nitrogens with one attached hydrogen (secondary N) is 1. The van der Waals surface area contributed by atoms with Crippen LogP contribution in [-0.2, 0) is 21.5 Å². The lowest BCUT2D eigenvalue weighted by Crippen LogP contribution is -2.77. The third-order valence-electron chi connectivity index (χ3n) is 6.72. The lowest BCUT2D eigenvalue weighted by molar-refractivity contribution is -0.0916. The Morgan fingerprint density at radius 1 is 1.17 bits per heavy atom. The first-order chi connectivity index (χ1) is 14.2. The zero-order valence-electron chi connectivity index (χ0n) is 18.1. The molecule has 6 heteroatoms. The van der Waals surface area contributed by atoms with Crippen molar-refractivity contribution in [3.05, 3.63) is 53.9 Å². The van der Waals surface area contributed by atoms with Gasteiger partial charge in [-0.1, -0.05) is 30.3 Å². The summed E-state index contributed by atoms with van der Waals surface area (Å²) < 4.78 is 13.5. The van der Waals surface area contributed by atoms with Gasteiger partial charge in [0.1, 0.15) is 5.60 Å². The Morgan fingerprint density at radius 2 is 1.87 bits per heavy atom. The van der Waals surface area contributed by atoms with Crippen molar-refractivity contribution in [2.45, 2.75) is 88.2 Å². The van der Waals surface area contributed by atoms with E-state index in [2.05, 4.69) is 34.4 Å². The molecule has 0 unspecified atom stereocenters. The minimum atomic E-state index is -0.463. The van der Waals surface area contributed by atoms with Crippen molar-refractivity contribution in [2.75, 3.05) is 0 Å². The molecular weight excluding hydrogens is 378 g/mol. The molecule has 2 bridgehead atoms. The zero-order valence-corrected chi connectivity index (χ0v) is 18.1. The van der Waals surface area contributed by atoms with Crippen molar-refractivity contribution in [2.24, 2.45) is 0 Å². The lowest BCUT2D eigenvalue weighted by atomic mass is 9.38. The number of rotatable bonds is 6. The highest BCUT2D eigenvalue weighted by Crippen LogP contribution is 2.67. The summed E-state index contributed by atoms with van der Waals surface area (Å²) in [6.45, 7) is 6.35. The molecular formula is C24H31N3O3. The minimum absolute atomic E-state index is 0.0844. The van der Waals surface area contributed by atoms with Crippen molar-refractivity contribution in [1.29, 1.82) is 0 Å². The van der Waals surface area contributed by atoms with E-state index in [0.717, 1.165) is 32.1 Å². The largest absolute Gasteiger partial charge is 0.444 e. The smallest absolute Gasteiger partial charge is 0.408 e. The van der Waals surface area contributed by atoms with Gasteiger partial charge < -0.3 is 14.8 Å². The van der Waals surface area contributed by atoms with Crippen molar-refractivity contribution in [3.63, 3.8) is 0 Å². The average Bonchev–Trinajstić information content (AvgIpc) is 3.04. The predicted octanol–water partition coefficient (Wildman–Crippen LogP) is 4.50. The highest BCUT2D eigenvalue weighted by atomic mass is 16.6. The van der Waals surface area contributed by atoms with Crippen LogP contribution in [0.25, 0.3) is 0 Å². The molecule has 1 amide bonds. The lowest BCUT2D eigenvalue weighted by Gasteiger charge is -2.69. The number of ether oxygens (including phenoxy) is 2. The second kappa shape index (κ2) is 6.84. The summed E-state index contributed by atoms with van der Waals surface area (Å²) in [5, 5.41) is 7.99. The Balaban J connectivity index is 1.09. The quantitative estimate of drug-likeness (QED) is 0.763. The molecule has 6 rings (SSSR count). The molecule has 4 fully saturated rings. The molecule has 30 heavy (non-hydrogen) atoms. The normalized spacial score (nSPS) is 31.8. The fourth-order valence-electron chi connectivity index (χ4n) is 5.21. The fraction of sp³-hybridized carbons (Fsp3) is 0.583. The number of amides is 1. The van der Waals surface area contributed by atoms with E-state index in [1.54, 1.807) is 0 Å². The number of aromatic nitrogens is 2. The van der Waals surface area contributed by atoms with Crippen molar-refractivity contribution in [3.8, 4) is 0 Å². The van der Waals surface area contributed by atoms with Gasteiger partial charge in [-0.05, 0) is 64.5 Å². The summed E-state index contributed by atoms with van der Waals surface area (Å²) in [6, 6.07) is 12.9. The van der Waals surface area contributed by atoms with E-state index in [0.29, 0.717) is 18.8 Å². The van der Waals surface area contributed by atoms with Crippen LogP contribution in [0, 0.1) is 0 Å². The van der Waals surface area contributed by atoms with E-state index in [1.165, 1.54) is 11.3 Å². The van der Waals surface area contributed by atoms with Gasteiger partial charge in [0.2, 0.25) is 0 Å². The number of nitrogens with zero attached hydrogens (tertiary/aromatic N) is 2. The van der Waals surface area contributed by atoms with Crippen LogP contribution >= 0.6 is 0 Å². The van der Waals surface area contributed by atoms with Crippen LogP contribution in [0.15, 0.2) is 42.6 Å². The first-order valence-corrected chi connectivity index (χ1v) is 11.0. The van der Waals surface area contributed by atoms with Crippen LogP contribution in [-0.4, -0.2) is 33.1 Å². The summed E-state index contributed by atoms with van der Waals surface area (Å²) in [5.74, 6) is 0. The van der Waals surface area contributed by atoms with Gasteiger partial charge in [0.05, 0.1) is 24.4 Å². The standard InChI is InChI=1S/C24H31N3O3/c1-22(2,3)30-21(28)25-24-14-23(15-24,16-24)20-9-10-27(26-20)18-11-19(12-18)29-13-17-7-5-4-6-8-17/h4-10,18-19H,11-16H2,1-3H3,(H,25,28).